The fraction of sp³-hybridized carbons (Fsp3) is 0.750. The number of aromatic nitrogens is 2. The molecule has 0 aliphatic heterocycles. The summed E-state index contributed by atoms with van der Waals surface area (Å²) in [4.78, 5) is 15.3. The highest BCUT2D eigenvalue weighted by Crippen LogP contribution is 2.34. The molecule has 0 amide bonds. The lowest BCUT2D eigenvalue weighted by molar-refractivity contribution is -0.140. The average Bonchev–Trinajstić information content (AvgIpc) is 2.77. The van der Waals surface area contributed by atoms with Crippen LogP contribution in [0.1, 0.15) is 50.2 Å². The highest BCUT2D eigenvalue weighted by atomic mass is 16.5. The molecular weight excluding hydrogens is 220 g/mol. The molecule has 5 heteroatoms. The molecule has 1 aliphatic carbocycles. The molecule has 94 valence electrons. The molecule has 0 N–H and O–H groups in total. The van der Waals surface area contributed by atoms with Crippen LogP contribution in [-0.4, -0.2) is 23.2 Å². The Bertz CT molecular complexity index is 389. The minimum Gasteiger partial charge on any atom is -0.469 e. The van der Waals surface area contributed by atoms with E-state index in [1.54, 1.807) is 0 Å². The summed E-state index contributed by atoms with van der Waals surface area (Å²) >= 11 is 0. The number of hydrogen-bond acceptors (Lipinski definition) is 5. The fourth-order valence-corrected chi connectivity index (χ4v) is 2.37. The number of hydrogen-bond donors (Lipinski definition) is 0. The molecule has 1 saturated carbocycles. The molecule has 2 unspecified atom stereocenters. The van der Waals surface area contributed by atoms with Crippen LogP contribution in [0.15, 0.2) is 4.52 Å². The van der Waals surface area contributed by atoms with Gasteiger partial charge in [0.05, 0.1) is 7.11 Å². The summed E-state index contributed by atoms with van der Waals surface area (Å²) in [5.74, 6) is 1.85. The van der Waals surface area contributed by atoms with E-state index in [1.165, 1.54) is 20.0 Å². The van der Waals surface area contributed by atoms with Gasteiger partial charge in [0.2, 0.25) is 5.89 Å². The maximum absolute atomic E-state index is 11.1. The first-order valence-electron chi connectivity index (χ1n) is 6.08. The minimum absolute atomic E-state index is 0.0613. The van der Waals surface area contributed by atoms with E-state index in [-0.39, 0.29) is 12.4 Å². The fourth-order valence-electron chi connectivity index (χ4n) is 2.37. The van der Waals surface area contributed by atoms with Crippen LogP contribution >= 0.6 is 0 Å². The Morgan fingerprint density at radius 2 is 2.35 bits per heavy atom. The number of methoxy groups -OCH3 is 1. The van der Waals surface area contributed by atoms with E-state index in [4.69, 9.17) is 4.52 Å². The zero-order chi connectivity index (χ0) is 12.3. The van der Waals surface area contributed by atoms with Crippen LogP contribution in [0.4, 0.5) is 0 Å². The average molecular weight is 238 g/mol. The molecule has 0 saturated heterocycles. The molecular formula is C12H18N2O3. The molecule has 2 rings (SSSR count). The molecule has 17 heavy (non-hydrogen) atoms. The molecule has 0 spiro atoms. The highest BCUT2D eigenvalue weighted by Gasteiger charge is 2.25. The van der Waals surface area contributed by atoms with Gasteiger partial charge in [0.1, 0.15) is 6.42 Å². The molecule has 0 bridgehead atoms. The van der Waals surface area contributed by atoms with Crippen molar-refractivity contribution in [3.8, 4) is 0 Å². The Morgan fingerprint density at radius 3 is 3.06 bits per heavy atom. The largest absolute Gasteiger partial charge is 0.469 e. The number of ether oxygens (including phenoxy) is 1. The predicted molar refractivity (Wildman–Crippen MR) is 60.4 cm³/mol. The van der Waals surface area contributed by atoms with Gasteiger partial charge in [-0.25, -0.2) is 0 Å². The van der Waals surface area contributed by atoms with Crippen molar-refractivity contribution in [3.63, 3.8) is 0 Å². The van der Waals surface area contributed by atoms with Gasteiger partial charge in [0, 0.05) is 5.92 Å². The number of esters is 1. The Hall–Kier alpha value is -1.39. The maximum atomic E-state index is 11.1. The smallest absolute Gasteiger partial charge is 0.315 e. The van der Waals surface area contributed by atoms with Gasteiger partial charge in [0.15, 0.2) is 5.82 Å². The number of carbonyl (C=O) groups is 1. The lowest BCUT2D eigenvalue weighted by atomic mass is 9.82. The van der Waals surface area contributed by atoms with Crippen molar-refractivity contribution >= 4 is 5.97 Å². The first-order valence-corrected chi connectivity index (χ1v) is 6.08. The SMILES string of the molecule is COC(=O)Cc1nc(C2CCCC(C)C2)no1. The van der Waals surface area contributed by atoms with E-state index in [9.17, 15) is 4.79 Å². The summed E-state index contributed by atoms with van der Waals surface area (Å²) in [5.41, 5.74) is 0. The van der Waals surface area contributed by atoms with Crippen molar-refractivity contribution in [3.05, 3.63) is 11.7 Å². The maximum Gasteiger partial charge on any atom is 0.315 e. The van der Waals surface area contributed by atoms with Gasteiger partial charge in [-0.05, 0) is 18.8 Å². The Labute approximate surface area is 101 Å². The first-order chi connectivity index (χ1) is 8.19. The highest BCUT2D eigenvalue weighted by molar-refractivity contribution is 5.71. The van der Waals surface area contributed by atoms with Crippen LogP contribution in [0.5, 0.6) is 0 Å². The van der Waals surface area contributed by atoms with E-state index in [1.807, 2.05) is 0 Å². The van der Waals surface area contributed by atoms with Gasteiger partial charge < -0.3 is 9.26 Å². The number of carbonyl (C=O) groups excluding carboxylic acids is 1. The molecule has 1 aliphatic rings. The van der Waals surface area contributed by atoms with E-state index >= 15 is 0 Å². The van der Waals surface area contributed by atoms with Crippen LogP contribution in [0.25, 0.3) is 0 Å². The van der Waals surface area contributed by atoms with Crippen molar-refractivity contribution < 1.29 is 14.1 Å². The van der Waals surface area contributed by atoms with Crippen molar-refractivity contribution in [1.29, 1.82) is 0 Å². The zero-order valence-corrected chi connectivity index (χ0v) is 10.3. The molecule has 1 aromatic heterocycles. The first kappa shape index (κ1) is 12.1. The van der Waals surface area contributed by atoms with Crippen molar-refractivity contribution in [2.24, 2.45) is 5.92 Å². The normalized spacial score (nSPS) is 24.6. The van der Waals surface area contributed by atoms with Crippen LogP contribution in [0, 0.1) is 5.92 Å². The summed E-state index contributed by atoms with van der Waals surface area (Å²) in [6.07, 6.45) is 4.78. The topological polar surface area (TPSA) is 65.2 Å². The third kappa shape index (κ3) is 3.05. The van der Waals surface area contributed by atoms with E-state index in [0.29, 0.717) is 11.8 Å². The Morgan fingerprint density at radius 1 is 1.53 bits per heavy atom. The second-order valence-corrected chi connectivity index (χ2v) is 4.77. The number of nitrogens with zero attached hydrogens (tertiary/aromatic N) is 2. The lowest BCUT2D eigenvalue weighted by Gasteiger charge is -2.23. The lowest BCUT2D eigenvalue weighted by Crippen LogP contribution is -2.13. The molecule has 5 nitrogen and oxygen atoms in total. The molecule has 1 heterocycles. The third-order valence-corrected chi connectivity index (χ3v) is 3.31. The van der Waals surface area contributed by atoms with Crippen LogP contribution in [0.2, 0.25) is 0 Å². The van der Waals surface area contributed by atoms with Crippen molar-refractivity contribution in [2.45, 2.75) is 44.9 Å². The van der Waals surface area contributed by atoms with E-state index in [2.05, 4.69) is 21.8 Å². The number of rotatable bonds is 3. The van der Waals surface area contributed by atoms with Crippen LogP contribution in [0.3, 0.4) is 0 Å². The van der Waals surface area contributed by atoms with Gasteiger partial charge in [-0.3, -0.25) is 4.79 Å². The van der Waals surface area contributed by atoms with Crippen molar-refractivity contribution in [1.82, 2.24) is 10.1 Å². The van der Waals surface area contributed by atoms with E-state index < -0.39 is 0 Å². The second kappa shape index (κ2) is 5.29. The van der Waals surface area contributed by atoms with E-state index in [0.717, 1.165) is 24.6 Å². The third-order valence-electron chi connectivity index (χ3n) is 3.31. The van der Waals surface area contributed by atoms with Gasteiger partial charge in [-0.1, -0.05) is 24.9 Å². The standard InChI is InChI=1S/C12H18N2O3/c1-8-4-3-5-9(6-8)12-13-10(17-14-12)7-11(15)16-2/h8-9H,3-7H2,1-2H3. The second-order valence-electron chi connectivity index (χ2n) is 4.77. The van der Waals surface area contributed by atoms with Crippen LogP contribution < -0.4 is 0 Å². The Balaban J connectivity index is 1.99. The summed E-state index contributed by atoms with van der Waals surface area (Å²) in [7, 11) is 1.35. The molecule has 0 aromatic carbocycles. The molecule has 1 fully saturated rings. The molecule has 2 atom stereocenters. The monoisotopic (exact) mass is 238 g/mol. The Kier molecular flexibility index (Phi) is 3.76. The van der Waals surface area contributed by atoms with Crippen molar-refractivity contribution in [2.75, 3.05) is 7.11 Å². The zero-order valence-electron chi connectivity index (χ0n) is 10.3. The van der Waals surface area contributed by atoms with Gasteiger partial charge in [-0.15, -0.1) is 0 Å². The minimum atomic E-state index is -0.350. The van der Waals surface area contributed by atoms with Gasteiger partial charge in [0.25, 0.3) is 0 Å². The predicted octanol–water partition coefficient (Wildman–Crippen LogP) is 2.08. The van der Waals surface area contributed by atoms with Crippen LogP contribution in [-0.2, 0) is 16.0 Å². The summed E-state index contributed by atoms with van der Waals surface area (Å²) in [5, 5.41) is 3.97. The quantitative estimate of drug-likeness (QED) is 0.754. The summed E-state index contributed by atoms with van der Waals surface area (Å²) < 4.78 is 9.62. The molecule has 0 radical (unpaired) electrons. The summed E-state index contributed by atoms with van der Waals surface area (Å²) in [6, 6.07) is 0. The van der Waals surface area contributed by atoms with Gasteiger partial charge >= 0.3 is 5.97 Å². The summed E-state index contributed by atoms with van der Waals surface area (Å²) in [6.45, 7) is 2.25. The molecule has 1 aromatic rings. The van der Waals surface area contributed by atoms with Gasteiger partial charge in [-0.2, -0.15) is 4.98 Å².